The number of unbranched alkanes of at least 4 members (excludes halogenated alkanes) is 3. The summed E-state index contributed by atoms with van der Waals surface area (Å²) in [5, 5.41) is 0. The van der Waals surface area contributed by atoms with E-state index in [1.54, 1.807) is 5.57 Å². The first-order chi connectivity index (χ1) is 12.0. The van der Waals surface area contributed by atoms with Crippen LogP contribution >= 0.6 is 0 Å². The predicted molar refractivity (Wildman–Crippen MR) is 113 cm³/mol. The standard InChI is InChI=1S/C24H42N/c1-7-21(5)17-24-19-22(16-20(3)4)18-23(24)14-12-10-9-11-13-15-25(6)8-2/h8,13,15-17,22-24H,7,9-12,14,18-19H2,1-6H3/q+1/b15-13-,21-17+,25-8?. The molecule has 1 rings (SSSR count). The second-order valence-electron chi connectivity index (χ2n) is 8.21. The lowest BCUT2D eigenvalue weighted by molar-refractivity contribution is -0.417. The fraction of sp³-hybridized carbons (Fsp3) is 0.708. The molecule has 0 spiro atoms. The van der Waals surface area contributed by atoms with E-state index in [9.17, 15) is 0 Å². The number of hydrogen-bond acceptors (Lipinski definition) is 0. The molecule has 0 radical (unpaired) electrons. The highest BCUT2D eigenvalue weighted by Gasteiger charge is 2.31. The van der Waals surface area contributed by atoms with Gasteiger partial charge in [-0.2, -0.15) is 0 Å². The highest BCUT2D eigenvalue weighted by atomic mass is 14.9. The minimum Gasteiger partial charge on any atom is -0.212 e. The van der Waals surface area contributed by atoms with Crippen LogP contribution in [0.1, 0.15) is 86.0 Å². The molecule has 0 amide bonds. The molecule has 1 fully saturated rings. The lowest BCUT2D eigenvalue weighted by Crippen LogP contribution is -2.05. The van der Waals surface area contributed by atoms with Crippen LogP contribution in [-0.4, -0.2) is 17.8 Å². The van der Waals surface area contributed by atoms with Crippen molar-refractivity contribution in [2.75, 3.05) is 7.05 Å². The average molecular weight is 345 g/mol. The van der Waals surface area contributed by atoms with Crippen LogP contribution in [0.15, 0.2) is 35.6 Å². The van der Waals surface area contributed by atoms with Gasteiger partial charge < -0.3 is 0 Å². The molecule has 0 aromatic heterocycles. The van der Waals surface area contributed by atoms with E-state index in [0.29, 0.717) is 0 Å². The number of rotatable bonds is 10. The summed E-state index contributed by atoms with van der Waals surface area (Å²) in [7, 11) is 2.09. The molecule has 1 saturated carbocycles. The number of nitrogens with zero attached hydrogens (tertiary/aromatic N) is 1. The van der Waals surface area contributed by atoms with Crippen molar-refractivity contribution in [3.63, 3.8) is 0 Å². The average Bonchev–Trinajstić information content (AvgIpc) is 2.93. The maximum atomic E-state index is 2.60. The number of allylic oxidation sites excluding steroid dienone is 5. The minimum atomic E-state index is 0.810. The summed E-state index contributed by atoms with van der Waals surface area (Å²) in [6.45, 7) is 11.2. The van der Waals surface area contributed by atoms with E-state index in [4.69, 9.17) is 0 Å². The van der Waals surface area contributed by atoms with Crippen LogP contribution in [-0.2, 0) is 0 Å². The van der Waals surface area contributed by atoms with Crippen molar-refractivity contribution in [3.8, 4) is 0 Å². The van der Waals surface area contributed by atoms with Gasteiger partial charge in [-0.15, -0.1) is 0 Å². The topological polar surface area (TPSA) is 3.01 Å². The molecule has 0 aromatic carbocycles. The van der Waals surface area contributed by atoms with Crippen molar-refractivity contribution in [2.45, 2.75) is 86.0 Å². The zero-order valence-corrected chi connectivity index (χ0v) is 17.7. The third-order valence-corrected chi connectivity index (χ3v) is 5.60. The summed E-state index contributed by atoms with van der Waals surface area (Å²) in [5.41, 5.74) is 3.07. The lowest BCUT2D eigenvalue weighted by Gasteiger charge is -2.17. The van der Waals surface area contributed by atoms with E-state index >= 15 is 0 Å². The van der Waals surface area contributed by atoms with Gasteiger partial charge in [0.05, 0.1) is 0 Å². The van der Waals surface area contributed by atoms with Gasteiger partial charge in [-0.25, -0.2) is 4.58 Å². The van der Waals surface area contributed by atoms with Gasteiger partial charge >= 0.3 is 0 Å². The molecule has 1 aliphatic carbocycles. The van der Waals surface area contributed by atoms with Gasteiger partial charge in [0.25, 0.3) is 0 Å². The fourth-order valence-corrected chi connectivity index (χ4v) is 4.00. The Morgan fingerprint density at radius 3 is 2.44 bits per heavy atom. The van der Waals surface area contributed by atoms with Crippen LogP contribution in [0.5, 0.6) is 0 Å². The Balaban J connectivity index is 2.42. The van der Waals surface area contributed by atoms with Crippen molar-refractivity contribution < 1.29 is 4.58 Å². The molecule has 3 unspecified atom stereocenters. The summed E-state index contributed by atoms with van der Waals surface area (Å²) in [5.74, 6) is 2.53. The van der Waals surface area contributed by atoms with Crippen LogP contribution in [0.3, 0.4) is 0 Å². The van der Waals surface area contributed by atoms with Gasteiger partial charge in [-0.3, -0.25) is 0 Å². The first kappa shape index (κ1) is 21.9. The highest BCUT2D eigenvalue weighted by molar-refractivity contribution is 5.46. The van der Waals surface area contributed by atoms with Gasteiger partial charge in [0, 0.05) is 6.92 Å². The third kappa shape index (κ3) is 9.23. The molecule has 1 nitrogen and oxygen atoms in total. The second-order valence-corrected chi connectivity index (χ2v) is 8.21. The first-order valence-electron chi connectivity index (χ1n) is 10.5. The van der Waals surface area contributed by atoms with Crippen molar-refractivity contribution >= 4 is 6.21 Å². The van der Waals surface area contributed by atoms with Crippen LogP contribution in [0.4, 0.5) is 0 Å². The number of hydrogen-bond donors (Lipinski definition) is 0. The molecule has 0 N–H and O–H groups in total. The maximum absolute atomic E-state index is 2.60. The summed E-state index contributed by atoms with van der Waals surface area (Å²) in [6, 6.07) is 0. The molecule has 3 atom stereocenters. The van der Waals surface area contributed by atoms with Gasteiger partial charge in [-0.05, 0) is 83.1 Å². The molecule has 142 valence electrons. The fourth-order valence-electron chi connectivity index (χ4n) is 4.00. The van der Waals surface area contributed by atoms with Crippen LogP contribution in [0.2, 0.25) is 0 Å². The van der Waals surface area contributed by atoms with Crippen molar-refractivity contribution in [2.24, 2.45) is 17.8 Å². The Morgan fingerprint density at radius 1 is 1.04 bits per heavy atom. The molecule has 0 aliphatic heterocycles. The Kier molecular flexibility index (Phi) is 10.8. The van der Waals surface area contributed by atoms with Crippen molar-refractivity contribution in [3.05, 3.63) is 35.6 Å². The zero-order valence-electron chi connectivity index (χ0n) is 17.7. The molecule has 0 bridgehead atoms. The predicted octanol–water partition coefficient (Wildman–Crippen LogP) is 7.15. The Labute approximate surface area is 157 Å². The maximum Gasteiger partial charge on any atom is 0.164 e. The zero-order chi connectivity index (χ0) is 18.7. The van der Waals surface area contributed by atoms with E-state index in [1.165, 1.54) is 56.9 Å². The highest BCUT2D eigenvalue weighted by Crippen LogP contribution is 2.42. The largest absolute Gasteiger partial charge is 0.212 e. The monoisotopic (exact) mass is 344 g/mol. The molecular formula is C24H42N+. The Morgan fingerprint density at radius 2 is 1.80 bits per heavy atom. The van der Waals surface area contributed by atoms with Gasteiger partial charge in [0.15, 0.2) is 6.20 Å². The molecule has 0 heterocycles. The second kappa shape index (κ2) is 12.3. The van der Waals surface area contributed by atoms with Crippen molar-refractivity contribution in [1.29, 1.82) is 0 Å². The van der Waals surface area contributed by atoms with Gasteiger partial charge in [0.2, 0.25) is 0 Å². The molecule has 25 heavy (non-hydrogen) atoms. The Hall–Kier alpha value is -1.11. The van der Waals surface area contributed by atoms with Gasteiger partial charge in [-0.1, -0.05) is 43.1 Å². The van der Waals surface area contributed by atoms with E-state index < -0.39 is 0 Å². The minimum absolute atomic E-state index is 0.810. The summed E-state index contributed by atoms with van der Waals surface area (Å²) < 4.78 is 2.12. The van der Waals surface area contributed by atoms with E-state index in [2.05, 4.69) is 76.9 Å². The van der Waals surface area contributed by atoms with Crippen molar-refractivity contribution in [1.82, 2.24) is 0 Å². The Bertz CT molecular complexity index is 488. The van der Waals surface area contributed by atoms with E-state index in [0.717, 1.165) is 17.8 Å². The molecule has 1 heteroatoms. The lowest BCUT2D eigenvalue weighted by atomic mass is 9.89. The summed E-state index contributed by atoms with van der Waals surface area (Å²) in [6.07, 6.45) is 22.4. The first-order valence-corrected chi connectivity index (χ1v) is 10.5. The van der Waals surface area contributed by atoms with Crippen LogP contribution in [0, 0.1) is 17.8 Å². The molecule has 0 aromatic rings. The SMILES string of the molecule is CC=[N+](C)/C=C\CCCCCC1CC(C=C(C)C)CC1/C=C(\C)CC. The summed E-state index contributed by atoms with van der Waals surface area (Å²) >= 11 is 0. The van der Waals surface area contributed by atoms with Crippen LogP contribution < -0.4 is 0 Å². The normalized spacial score (nSPS) is 25.0. The molecule has 1 aliphatic rings. The molecular weight excluding hydrogens is 302 g/mol. The summed E-state index contributed by atoms with van der Waals surface area (Å²) in [4.78, 5) is 0. The molecule has 0 saturated heterocycles. The third-order valence-electron chi connectivity index (χ3n) is 5.60. The quantitative estimate of drug-likeness (QED) is 0.171. The van der Waals surface area contributed by atoms with E-state index in [1.807, 2.05) is 0 Å². The smallest absolute Gasteiger partial charge is 0.164 e. The van der Waals surface area contributed by atoms with Gasteiger partial charge in [0.1, 0.15) is 13.3 Å². The van der Waals surface area contributed by atoms with Crippen LogP contribution in [0.25, 0.3) is 0 Å². The van der Waals surface area contributed by atoms with E-state index in [-0.39, 0.29) is 0 Å².